The first kappa shape index (κ1) is 13.5. The minimum absolute atomic E-state index is 0.293. The van der Waals surface area contributed by atoms with Crippen molar-refractivity contribution in [3.63, 3.8) is 0 Å². The Labute approximate surface area is 115 Å². The molecule has 0 radical (unpaired) electrons. The molecule has 0 spiro atoms. The number of nitrogen functional groups attached to an aromatic ring is 1. The van der Waals surface area contributed by atoms with Gasteiger partial charge in [-0.3, -0.25) is 5.43 Å². The number of anilines is 2. The Balaban J connectivity index is 2.14. The summed E-state index contributed by atoms with van der Waals surface area (Å²) >= 11 is 3.47. The first-order chi connectivity index (χ1) is 8.74. The van der Waals surface area contributed by atoms with Crippen LogP contribution >= 0.6 is 15.9 Å². The molecule has 18 heavy (non-hydrogen) atoms. The smallest absolute Gasteiger partial charge is 0.239 e. The second-order valence-electron chi connectivity index (χ2n) is 4.18. The molecule has 1 fully saturated rings. The van der Waals surface area contributed by atoms with E-state index in [2.05, 4.69) is 43.1 Å². The summed E-state index contributed by atoms with van der Waals surface area (Å²) in [5, 5.41) is 0. The Morgan fingerprint density at radius 3 is 3.11 bits per heavy atom. The average Bonchev–Trinajstić information content (AvgIpc) is 2.90. The van der Waals surface area contributed by atoms with Crippen LogP contribution in [-0.2, 0) is 4.74 Å². The van der Waals surface area contributed by atoms with Gasteiger partial charge >= 0.3 is 0 Å². The highest BCUT2D eigenvalue weighted by molar-refractivity contribution is 9.10. The molecule has 3 N–H and O–H groups in total. The lowest BCUT2D eigenvalue weighted by Gasteiger charge is -2.25. The standard InChI is InChI=1S/C11H18BrN5O/c1-2-17(7-8-4-3-5-18-8)10-9(12)6-14-11(15-10)16-13/h6,8H,2-5,7,13H2,1H3,(H,14,15,16). The highest BCUT2D eigenvalue weighted by Gasteiger charge is 2.21. The van der Waals surface area contributed by atoms with Crippen LogP contribution in [0.4, 0.5) is 11.8 Å². The van der Waals surface area contributed by atoms with E-state index in [0.29, 0.717) is 12.1 Å². The van der Waals surface area contributed by atoms with Gasteiger partial charge in [-0.25, -0.2) is 10.8 Å². The molecule has 0 amide bonds. The molecule has 1 aromatic heterocycles. The molecule has 7 heteroatoms. The molecule has 6 nitrogen and oxygen atoms in total. The second kappa shape index (κ2) is 6.31. The van der Waals surface area contributed by atoms with Crippen LogP contribution in [0.15, 0.2) is 10.7 Å². The Hall–Kier alpha value is -0.920. The second-order valence-corrected chi connectivity index (χ2v) is 5.04. The van der Waals surface area contributed by atoms with E-state index < -0.39 is 0 Å². The fraction of sp³-hybridized carbons (Fsp3) is 0.636. The van der Waals surface area contributed by atoms with Gasteiger partial charge in [0.15, 0.2) is 0 Å². The molecule has 1 atom stereocenters. The van der Waals surface area contributed by atoms with Gasteiger partial charge in [-0.15, -0.1) is 0 Å². The lowest BCUT2D eigenvalue weighted by Crippen LogP contribution is -2.33. The highest BCUT2D eigenvalue weighted by Crippen LogP contribution is 2.25. The van der Waals surface area contributed by atoms with E-state index in [1.165, 1.54) is 0 Å². The van der Waals surface area contributed by atoms with Crippen molar-refractivity contribution in [1.29, 1.82) is 0 Å². The zero-order valence-electron chi connectivity index (χ0n) is 10.4. The Morgan fingerprint density at radius 2 is 2.50 bits per heavy atom. The minimum Gasteiger partial charge on any atom is -0.376 e. The predicted molar refractivity (Wildman–Crippen MR) is 74.4 cm³/mol. The van der Waals surface area contributed by atoms with Crippen molar-refractivity contribution in [2.45, 2.75) is 25.9 Å². The van der Waals surface area contributed by atoms with Crippen LogP contribution < -0.4 is 16.2 Å². The summed E-state index contributed by atoms with van der Waals surface area (Å²) in [6.07, 6.45) is 4.25. The van der Waals surface area contributed by atoms with Crippen LogP contribution in [-0.4, -0.2) is 35.8 Å². The number of halogens is 1. The Kier molecular flexibility index (Phi) is 4.73. The number of nitrogens with two attached hydrogens (primary N) is 1. The molecule has 2 rings (SSSR count). The van der Waals surface area contributed by atoms with E-state index >= 15 is 0 Å². The number of likely N-dealkylation sites (N-methyl/N-ethyl adjacent to an activating group) is 1. The summed E-state index contributed by atoms with van der Waals surface area (Å²) in [6.45, 7) is 4.66. The number of nitrogens with zero attached hydrogens (tertiary/aromatic N) is 3. The highest BCUT2D eigenvalue weighted by atomic mass is 79.9. The van der Waals surface area contributed by atoms with E-state index in [-0.39, 0.29) is 0 Å². The fourth-order valence-electron chi connectivity index (χ4n) is 2.05. The molecule has 1 aromatic rings. The summed E-state index contributed by atoms with van der Waals surface area (Å²) in [5.41, 5.74) is 2.47. The molecule has 100 valence electrons. The molecule has 2 heterocycles. The van der Waals surface area contributed by atoms with Crippen molar-refractivity contribution >= 4 is 27.7 Å². The SMILES string of the molecule is CCN(CC1CCCO1)c1nc(NN)ncc1Br. The quantitative estimate of drug-likeness (QED) is 0.634. The molecule has 0 saturated carbocycles. The molecule has 0 aromatic carbocycles. The molecule has 0 bridgehead atoms. The third-order valence-electron chi connectivity index (χ3n) is 2.98. The molecular formula is C11H18BrN5O. The van der Waals surface area contributed by atoms with Crippen molar-refractivity contribution in [3.05, 3.63) is 10.7 Å². The molecule has 0 aliphatic carbocycles. The van der Waals surface area contributed by atoms with E-state index in [0.717, 1.165) is 42.8 Å². The van der Waals surface area contributed by atoms with Gasteiger partial charge in [0.25, 0.3) is 0 Å². The van der Waals surface area contributed by atoms with Crippen LogP contribution in [0.5, 0.6) is 0 Å². The first-order valence-corrected chi connectivity index (χ1v) is 6.89. The average molecular weight is 316 g/mol. The third kappa shape index (κ3) is 3.09. The molecule has 1 saturated heterocycles. The van der Waals surface area contributed by atoms with E-state index in [1.54, 1.807) is 6.20 Å². The number of hydrazine groups is 1. The number of ether oxygens (including phenoxy) is 1. The number of rotatable bonds is 5. The molecule has 1 unspecified atom stereocenters. The third-order valence-corrected chi connectivity index (χ3v) is 3.54. The number of hydrogen-bond donors (Lipinski definition) is 2. The van der Waals surface area contributed by atoms with E-state index in [1.807, 2.05) is 0 Å². The Bertz CT molecular complexity index is 397. The first-order valence-electron chi connectivity index (χ1n) is 6.10. The summed E-state index contributed by atoms with van der Waals surface area (Å²) in [7, 11) is 0. The summed E-state index contributed by atoms with van der Waals surface area (Å²) in [6, 6.07) is 0. The molecule has 1 aliphatic heterocycles. The van der Waals surface area contributed by atoms with Gasteiger partial charge in [-0.1, -0.05) is 0 Å². The lowest BCUT2D eigenvalue weighted by atomic mass is 10.2. The maximum atomic E-state index is 5.66. The monoisotopic (exact) mass is 315 g/mol. The lowest BCUT2D eigenvalue weighted by molar-refractivity contribution is 0.115. The van der Waals surface area contributed by atoms with E-state index in [9.17, 15) is 0 Å². The van der Waals surface area contributed by atoms with E-state index in [4.69, 9.17) is 10.6 Å². The van der Waals surface area contributed by atoms with Crippen molar-refractivity contribution < 1.29 is 4.74 Å². The van der Waals surface area contributed by atoms with Crippen LogP contribution in [0.3, 0.4) is 0 Å². The zero-order chi connectivity index (χ0) is 13.0. The van der Waals surface area contributed by atoms with Gasteiger partial charge in [0.2, 0.25) is 5.95 Å². The maximum Gasteiger partial charge on any atom is 0.239 e. The van der Waals surface area contributed by atoms with Crippen molar-refractivity contribution in [2.24, 2.45) is 5.84 Å². The van der Waals surface area contributed by atoms with Gasteiger partial charge in [-0.2, -0.15) is 4.98 Å². The predicted octanol–water partition coefficient (Wildman–Crippen LogP) is 1.53. The summed E-state index contributed by atoms with van der Waals surface area (Å²) < 4.78 is 6.52. The summed E-state index contributed by atoms with van der Waals surface area (Å²) in [4.78, 5) is 10.6. The molecule has 1 aliphatic rings. The van der Waals surface area contributed by atoms with Crippen molar-refractivity contribution in [3.8, 4) is 0 Å². The van der Waals surface area contributed by atoms with Crippen LogP contribution in [0.25, 0.3) is 0 Å². The van der Waals surface area contributed by atoms with Crippen LogP contribution in [0.2, 0.25) is 0 Å². The van der Waals surface area contributed by atoms with Gasteiger partial charge in [0.1, 0.15) is 5.82 Å². The normalized spacial score (nSPS) is 18.9. The van der Waals surface area contributed by atoms with Gasteiger partial charge in [-0.05, 0) is 35.7 Å². The number of hydrogen-bond acceptors (Lipinski definition) is 6. The largest absolute Gasteiger partial charge is 0.376 e. The van der Waals surface area contributed by atoms with Gasteiger partial charge in [0.05, 0.1) is 10.6 Å². The van der Waals surface area contributed by atoms with Crippen LogP contribution in [0.1, 0.15) is 19.8 Å². The van der Waals surface area contributed by atoms with Crippen molar-refractivity contribution in [2.75, 3.05) is 30.0 Å². The minimum atomic E-state index is 0.293. The van der Waals surface area contributed by atoms with Crippen molar-refractivity contribution in [1.82, 2.24) is 9.97 Å². The molecular weight excluding hydrogens is 298 g/mol. The number of aromatic nitrogens is 2. The topological polar surface area (TPSA) is 76.3 Å². The maximum absolute atomic E-state index is 5.66. The van der Waals surface area contributed by atoms with Gasteiger partial charge in [0, 0.05) is 25.9 Å². The Morgan fingerprint density at radius 1 is 1.67 bits per heavy atom. The summed E-state index contributed by atoms with van der Waals surface area (Å²) in [5.74, 6) is 6.60. The van der Waals surface area contributed by atoms with Gasteiger partial charge < -0.3 is 9.64 Å². The fourth-order valence-corrected chi connectivity index (χ4v) is 2.49. The van der Waals surface area contributed by atoms with Crippen LogP contribution in [0, 0.1) is 0 Å². The number of nitrogens with one attached hydrogen (secondary N) is 1. The zero-order valence-corrected chi connectivity index (χ0v) is 12.0.